The number of aliphatic hydroxyl groups is 1. The van der Waals surface area contributed by atoms with Crippen LogP contribution < -0.4 is 21.0 Å². The topological polar surface area (TPSA) is 116 Å². The summed E-state index contributed by atoms with van der Waals surface area (Å²) >= 11 is 0. The Morgan fingerprint density at radius 1 is 1.00 bits per heavy atom. The summed E-state index contributed by atoms with van der Waals surface area (Å²) in [6.07, 6.45) is 8.15. The molecule has 1 aromatic heterocycles. The van der Waals surface area contributed by atoms with Crippen LogP contribution in [0, 0.1) is 0 Å². The fourth-order valence-electron chi connectivity index (χ4n) is 6.70. The minimum Gasteiger partial charge on any atom is -0.389 e. The van der Waals surface area contributed by atoms with E-state index in [1.54, 1.807) is 24.3 Å². The van der Waals surface area contributed by atoms with E-state index in [-0.39, 0.29) is 5.54 Å². The van der Waals surface area contributed by atoms with Gasteiger partial charge in [-0.15, -0.1) is 26.3 Å². The van der Waals surface area contributed by atoms with Crippen LogP contribution >= 0.6 is 0 Å². The molecule has 10 nitrogen and oxygen atoms in total. The van der Waals surface area contributed by atoms with E-state index in [1.165, 1.54) is 6.33 Å². The van der Waals surface area contributed by atoms with Gasteiger partial charge < -0.3 is 25.8 Å². The summed E-state index contributed by atoms with van der Waals surface area (Å²) in [6, 6.07) is -1.15. The lowest BCUT2D eigenvalue weighted by atomic mass is 9.69. The zero-order chi connectivity index (χ0) is 30.4. The first-order valence-electron chi connectivity index (χ1n) is 14.0. The van der Waals surface area contributed by atoms with Crippen molar-refractivity contribution >= 4 is 11.9 Å². The lowest BCUT2D eigenvalue weighted by Gasteiger charge is -2.63. The molecule has 4 rings (SSSR count). The summed E-state index contributed by atoms with van der Waals surface area (Å²) in [5.41, 5.74) is 4.70. The Hall–Kier alpha value is -3.15. The van der Waals surface area contributed by atoms with Gasteiger partial charge in [0, 0.05) is 24.2 Å². The summed E-state index contributed by atoms with van der Waals surface area (Å²) < 4.78 is 5.55. The number of ether oxygens (including phenoxy) is 1. The van der Waals surface area contributed by atoms with Crippen molar-refractivity contribution in [2.75, 3.05) is 36.2 Å². The molecule has 0 radical (unpaired) electrons. The van der Waals surface area contributed by atoms with E-state index < -0.39 is 34.8 Å². The van der Waals surface area contributed by atoms with Crippen molar-refractivity contribution in [1.82, 2.24) is 25.3 Å². The van der Waals surface area contributed by atoms with Gasteiger partial charge in [0.05, 0.1) is 31.4 Å². The van der Waals surface area contributed by atoms with Gasteiger partial charge in [-0.05, 0) is 45.3 Å². The molecular weight excluding hydrogens is 516 g/mol. The molecule has 0 saturated carbocycles. The molecule has 0 aromatic carbocycles. The molecule has 2 atom stereocenters. The number of anilines is 2. The standard InChI is InChI=1S/C31H46N8O2/c1-11-30(12-2)21(5)24(32)22(6)31(13-3,14-4)39(30)38(23-19-28(7,8)36-29(9,10)25(23)40)27-34-20-33-26(35-27)37-15-17-41-18-16-37/h11-14,20,23-25,36,40H,1-6,15-19,32H2,7-10H3. The molecular formula is C31H46N8O2. The second-order valence-electron chi connectivity index (χ2n) is 12.3. The van der Waals surface area contributed by atoms with Gasteiger partial charge in [-0.25, -0.2) is 4.98 Å². The summed E-state index contributed by atoms with van der Waals surface area (Å²) in [4.78, 5) is 16.2. The largest absolute Gasteiger partial charge is 0.389 e. The summed E-state index contributed by atoms with van der Waals surface area (Å²) in [5.74, 6) is 0.846. The number of aliphatic hydroxyl groups excluding tert-OH is 1. The van der Waals surface area contributed by atoms with E-state index in [0.717, 1.165) is 0 Å². The van der Waals surface area contributed by atoms with Gasteiger partial charge in [0.1, 0.15) is 17.4 Å². The number of piperidine rings is 2. The molecule has 0 amide bonds. The van der Waals surface area contributed by atoms with Gasteiger partial charge >= 0.3 is 0 Å². The van der Waals surface area contributed by atoms with Crippen molar-refractivity contribution in [3.05, 3.63) is 81.3 Å². The van der Waals surface area contributed by atoms with Gasteiger partial charge in [-0.2, -0.15) is 15.0 Å². The Morgan fingerprint density at radius 3 is 2.05 bits per heavy atom. The van der Waals surface area contributed by atoms with Crippen molar-refractivity contribution < 1.29 is 9.84 Å². The normalized spacial score (nSPS) is 27.6. The van der Waals surface area contributed by atoms with Crippen molar-refractivity contribution in [3.63, 3.8) is 0 Å². The van der Waals surface area contributed by atoms with Gasteiger partial charge in [-0.3, -0.25) is 5.01 Å². The number of aromatic nitrogens is 3. The molecule has 41 heavy (non-hydrogen) atoms. The fraction of sp³-hybridized carbons (Fsp3) is 0.516. The van der Waals surface area contributed by atoms with Crippen LogP contribution in [0.2, 0.25) is 0 Å². The molecule has 2 unspecified atom stereocenters. The van der Waals surface area contributed by atoms with Crippen molar-refractivity contribution in [2.45, 2.75) is 74.5 Å². The van der Waals surface area contributed by atoms with Crippen LogP contribution in [0.5, 0.6) is 0 Å². The third-order valence-corrected chi connectivity index (χ3v) is 8.78. The maximum atomic E-state index is 12.0. The molecule has 4 heterocycles. The van der Waals surface area contributed by atoms with E-state index in [9.17, 15) is 5.11 Å². The summed E-state index contributed by atoms with van der Waals surface area (Å²) in [7, 11) is 0. The maximum absolute atomic E-state index is 12.0. The monoisotopic (exact) mass is 562 g/mol. The zero-order valence-electron chi connectivity index (χ0n) is 25.0. The van der Waals surface area contributed by atoms with E-state index in [2.05, 4.69) is 68.5 Å². The molecule has 3 fully saturated rings. The third-order valence-electron chi connectivity index (χ3n) is 8.78. The summed E-state index contributed by atoms with van der Waals surface area (Å²) in [6.45, 7) is 36.3. The van der Waals surface area contributed by atoms with E-state index in [4.69, 9.17) is 20.4 Å². The van der Waals surface area contributed by atoms with Crippen molar-refractivity contribution in [1.29, 1.82) is 0 Å². The molecule has 0 bridgehead atoms. The minimum absolute atomic E-state index is 0.330. The summed E-state index contributed by atoms with van der Waals surface area (Å²) in [5, 5.41) is 19.5. The highest BCUT2D eigenvalue weighted by molar-refractivity contribution is 5.57. The van der Waals surface area contributed by atoms with Crippen LogP contribution in [-0.2, 0) is 4.74 Å². The molecule has 222 valence electrons. The van der Waals surface area contributed by atoms with Crippen LogP contribution in [0.4, 0.5) is 11.9 Å². The number of morpholine rings is 1. The van der Waals surface area contributed by atoms with Crippen LogP contribution in [-0.4, -0.2) is 91.7 Å². The Morgan fingerprint density at radius 2 is 1.54 bits per heavy atom. The lowest BCUT2D eigenvalue weighted by molar-refractivity contribution is -0.0380. The second-order valence-corrected chi connectivity index (χ2v) is 12.3. The molecule has 3 saturated heterocycles. The zero-order valence-corrected chi connectivity index (χ0v) is 25.0. The number of rotatable bonds is 8. The predicted molar refractivity (Wildman–Crippen MR) is 165 cm³/mol. The number of hydrogen-bond donors (Lipinski definition) is 3. The Bertz CT molecular complexity index is 1180. The van der Waals surface area contributed by atoms with E-state index >= 15 is 0 Å². The Balaban J connectivity index is 2.06. The Kier molecular flexibility index (Phi) is 8.20. The predicted octanol–water partition coefficient (Wildman–Crippen LogP) is 2.69. The van der Waals surface area contributed by atoms with Gasteiger partial charge in [0.25, 0.3) is 0 Å². The number of nitrogens with two attached hydrogens (primary N) is 1. The first-order chi connectivity index (χ1) is 19.2. The highest BCUT2D eigenvalue weighted by Crippen LogP contribution is 2.50. The SMILES string of the molecule is C=CC1(C=C)C(=C)C(N)C(=C)C(C=C)(C=C)N1N(c1ncnc(N2CCOCC2)n1)C1CC(C)(C)NC(C)(C)C1O. The van der Waals surface area contributed by atoms with Crippen molar-refractivity contribution in [3.8, 4) is 0 Å². The fourth-order valence-corrected chi connectivity index (χ4v) is 6.70. The Labute approximate surface area is 244 Å². The highest BCUT2D eigenvalue weighted by Gasteiger charge is 2.60. The first kappa shape index (κ1) is 30.8. The molecule has 4 N–H and O–H groups in total. The van der Waals surface area contributed by atoms with E-state index in [1.807, 2.05) is 23.9 Å². The van der Waals surface area contributed by atoms with Gasteiger partial charge in [0.2, 0.25) is 11.9 Å². The molecule has 0 aliphatic carbocycles. The first-order valence-corrected chi connectivity index (χ1v) is 14.0. The molecule has 3 aliphatic rings. The number of hydrazine groups is 1. The lowest BCUT2D eigenvalue weighted by Crippen LogP contribution is -2.78. The average Bonchev–Trinajstić information content (AvgIpc) is 2.96. The van der Waals surface area contributed by atoms with Gasteiger partial charge in [-0.1, -0.05) is 37.5 Å². The third kappa shape index (κ3) is 4.87. The number of hydrogen-bond acceptors (Lipinski definition) is 10. The van der Waals surface area contributed by atoms with Crippen molar-refractivity contribution in [2.24, 2.45) is 5.73 Å². The minimum atomic E-state index is -1.12. The van der Waals surface area contributed by atoms with Gasteiger partial charge in [0.15, 0.2) is 0 Å². The maximum Gasteiger partial charge on any atom is 0.245 e. The van der Waals surface area contributed by atoms with Crippen LogP contribution in [0.15, 0.2) is 81.3 Å². The van der Waals surface area contributed by atoms with Crippen LogP contribution in [0.1, 0.15) is 34.1 Å². The molecule has 1 aromatic rings. The number of nitrogens with one attached hydrogen (secondary N) is 1. The van der Waals surface area contributed by atoms with Crippen LogP contribution in [0.3, 0.4) is 0 Å². The number of nitrogens with zero attached hydrogens (tertiary/aromatic N) is 6. The van der Waals surface area contributed by atoms with E-state index in [0.29, 0.717) is 55.8 Å². The molecule has 0 spiro atoms. The highest BCUT2D eigenvalue weighted by atomic mass is 16.5. The average molecular weight is 563 g/mol. The van der Waals surface area contributed by atoms with Crippen LogP contribution in [0.25, 0.3) is 0 Å². The second kappa shape index (κ2) is 10.9. The molecule has 3 aliphatic heterocycles. The quantitative estimate of drug-likeness (QED) is 0.409. The smallest absolute Gasteiger partial charge is 0.245 e. The molecule has 10 heteroatoms.